The molecule has 3 aromatic rings. The first kappa shape index (κ1) is 20.1. The molecule has 8 nitrogen and oxygen atoms in total. The van der Waals surface area contributed by atoms with Crippen molar-refractivity contribution in [3.8, 4) is 5.75 Å². The third-order valence-corrected chi connectivity index (χ3v) is 4.44. The predicted molar refractivity (Wildman–Crippen MR) is 110 cm³/mol. The monoisotopic (exact) mass is 394 g/mol. The largest absolute Gasteiger partial charge is 0.497 e. The molecule has 3 rings (SSSR count). The van der Waals surface area contributed by atoms with Gasteiger partial charge in [-0.15, -0.1) is 0 Å². The zero-order valence-electron chi connectivity index (χ0n) is 16.3. The Hall–Kier alpha value is -3.68. The van der Waals surface area contributed by atoms with Gasteiger partial charge in [-0.05, 0) is 24.3 Å². The van der Waals surface area contributed by atoms with Crippen LogP contribution >= 0.6 is 0 Å². The summed E-state index contributed by atoms with van der Waals surface area (Å²) in [5.41, 5.74) is 1.59. The number of para-hydroxylation sites is 2. The second-order valence-electron chi connectivity index (χ2n) is 6.39. The zero-order chi connectivity index (χ0) is 20.8. The van der Waals surface area contributed by atoms with Crippen molar-refractivity contribution in [1.82, 2.24) is 14.9 Å². The predicted octanol–water partition coefficient (Wildman–Crippen LogP) is 1.72. The van der Waals surface area contributed by atoms with Crippen molar-refractivity contribution in [1.29, 1.82) is 0 Å². The minimum Gasteiger partial charge on any atom is -0.497 e. The highest BCUT2D eigenvalue weighted by atomic mass is 16.5. The van der Waals surface area contributed by atoms with Crippen LogP contribution in [0.5, 0.6) is 5.75 Å². The van der Waals surface area contributed by atoms with Crippen molar-refractivity contribution >= 4 is 28.5 Å². The van der Waals surface area contributed by atoms with E-state index in [2.05, 4.69) is 15.6 Å². The summed E-state index contributed by atoms with van der Waals surface area (Å²) in [5.74, 6) is 0.0847. The molecule has 0 unspecified atom stereocenters. The van der Waals surface area contributed by atoms with Gasteiger partial charge in [-0.1, -0.05) is 18.2 Å². The first-order valence-corrected chi connectivity index (χ1v) is 9.14. The Labute approximate surface area is 167 Å². The van der Waals surface area contributed by atoms with Crippen molar-refractivity contribution in [2.24, 2.45) is 0 Å². The summed E-state index contributed by atoms with van der Waals surface area (Å²) in [6, 6.07) is 14.1. The van der Waals surface area contributed by atoms with E-state index in [1.807, 2.05) is 6.07 Å². The summed E-state index contributed by atoms with van der Waals surface area (Å²) in [6.45, 7) is -0.175. The second kappa shape index (κ2) is 9.01. The quantitative estimate of drug-likeness (QED) is 0.635. The number of ether oxygens (including phenoxy) is 1. The molecule has 0 spiro atoms. The molecule has 0 atom stereocenters. The number of carbonyl (C=O) groups excluding carboxylic acids is 2. The molecule has 0 aliphatic rings. The van der Waals surface area contributed by atoms with Crippen LogP contribution in [0.25, 0.3) is 11.0 Å². The fourth-order valence-electron chi connectivity index (χ4n) is 2.97. The van der Waals surface area contributed by atoms with Gasteiger partial charge in [-0.25, -0.2) is 4.98 Å². The number of nitrogens with zero attached hydrogens (tertiary/aromatic N) is 2. The highest BCUT2D eigenvalue weighted by Crippen LogP contribution is 2.17. The van der Waals surface area contributed by atoms with Crippen molar-refractivity contribution in [2.45, 2.75) is 19.4 Å². The molecule has 2 aromatic carbocycles. The zero-order valence-corrected chi connectivity index (χ0v) is 16.3. The molecule has 2 N–H and O–H groups in total. The lowest BCUT2D eigenvalue weighted by Gasteiger charge is -2.13. The Kier molecular flexibility index (Phi) is 6.23. The molecular formula is C21H22N4O4. The minimum atomic E-state index is -0.381. The number of carbonyl (C=O) groups is 2. The third-order valence-electron chi connectivity index (χ3n) is 4.44. The highest BCUT2D eigenvalue weighted by molar-refractivity contribution is 5.91. The van der Waals surface area contributed by atoms with Gasteiger partial charge in [0.15, 0.2) is 0 Å². The second-order valence-corrected chi connectivity index (χ2v) is 6.39. The van der Waals surface area contributed by atoms with Gasteiger partial charge >= 0.3 is 0 Å². The first-order valence-electron chi connectivity index (χ1n) is 9.14. The fraction of sp³-hybridized carbons (Fsp3) is 0.238. The molecule has 0 aliphatic heterocycles. The Bertz CT molecular complexity index is 1110. The van der Waals surface area contributed by atoms with Crippen molar-refractivity contribution in [3.05, 3.63) is 64.6 Å². The molecule has 0 fully saturated rings. The van der Waals surface area contributed by atoms with E-state index in [0.717, 1.165) is 0 Å². The van der Waals surface area contributed by atoms with E-state index in [1.54, 1.807) is 49.6 Å². The van der Waals surface area contributed by atoms with Crippen LogP contribution in [0, 0.1) is 0 Å². The molecule has 0 bridgehead atoms. The number of methoxy groups -OCH3 is 1. The Morgan fingerprint density at radius 2 is 1.90 bits per heavy atom. The molecule has 0 saturated heterocycles. The molecule has 1 aromatic heterocycles. The fourth-order valence-corrected chi connectivity index (χ4v) is 2.97. The van der Waals surface area contributed by atoms with Crippen molar-refractivity contribution < 1.29 is 14.3 Å². The minimum absolute atomic E-state index is 0.146. The molecule has 0 aliphatic carbocycles. The number of fused-ring (bicyclic) bond motifs is 1. The van der Waals surface area contributed by atoms with E-state index in [-0.39, 0.29) is 42.5 Å². The Morgan fingerprint density at radius 1 is 1.10 bits per heavy atom. The summed E-state index contributed by atoms with van der Waals surface area (Å²) in [7, 11) is 3.08. The van der Waals surface area contributed by atoms with Crippen LogP contribution in [0.15, 0.2) is 53.3 Å². The van der Waals surface area contributed by atoms with Gasteiger partial charge in [0.2, 0.25) is 11.8 Å². The van der Waals surface area contributed by atoms with Gasteiger partial charge in [0, 0.05) is 31.6 Å². The van der Waals surface area contributed by atoms with E-state index in [0.29, 0.717) is 22.5 Å². The molecule has 0 radical (unpaired) electrons. The molecule has 0 saturated carbocycles. The number of aryl methyl sites for hydroxylation is 1. The topological polar surface area (TPSA) is 102 Å². The summed E-state index contributed by atoms with van der Waals surface area (Å²) >= 11 is 0. The number of hydrogen-bond acceptors (Lipinski definition) is 5. The first-order chi connectivity index (χ1) is 14.0. The number of aromatic nitrogens is 2. The number of nitrogens with one attached hydrogen (secondary N) is 2. The van der Waals surface area contributed by atoms with Crippen LogP contribution in [-0.4, -0.2) is 35.5 Å². The number of amides is 2. The average Bonchev–Trinajstić information content (AvgIpc) is 2.74. The van der Waals surface area contributed by atoms with Crippen molar-refractivity contribution in [2.75, 3.05) is 19.5 Å². The van der Waals surface area contributed by atoms with Gasteiger partial charge in [0.05, 0.1) is 18.1 Å². The van der Waals surface area contributed by atoms with Crippen LogP contribution in [0.4, 0.5) is 5.69 Å². The maximum absolute atomic E-state index is 12.9. The smallest absolute Gasteiger partial charge is 0.273 e. The molecule has 29 heavy (non-hydrogen) atoms. The molecule has 150 valence electrons. The lowest BCUT2D eigenvalue weighted by Crippen LogP contribution is -2.31. The average molecular weight is 394 g/mol. The molecule has 8 heteroatoms. The summed E-state index contributed by atoms with van der Waals surface area (Å²) in [5, 5.41) is 5.30. The number of hydrogen-bond donors (Lipinski definition) is 2. The number of anilines is 1. The highest BCUT2D eigenvalue weighted by Gasteiger charge is 2.15. The maximum Gasteiger partial charge on any atom is 0.273 e. The lowest BCUT2D eigenvalue weighted by atomic mass is 10.2. The maximum atomic E-state index is 12.9. The number of benzene rings is 2. The molecule has 2 amide bonds. The van der Waals surface area contributed by atoms with Gasteiger partial charge < -0.3 is 15.4 Å². The van der Waals surface area contributed by atoms with Gasteiger partial charge in [-0.3, -0.25) is 19.0 Å². The van der Waals surface area contributed by atoms with Crippen molar-refractivity contribution in [3.63, 3.8) is 0 Å². The molecular weight excluding hydrogens is 372 g/mol. The van der Waals surface area contributed by atoms with Gasteiger partial charge in [0.25, 0.3) is 5.56 Å². The summed E-state index contributed by atoms with van der Waals surface area (Å²) in [4.78, 5) is 41.5. The van der Waals surface area contributed by atoms with Crippen LogP contribution in [0.3, 0.4) is 0 Å². The SMILES string of the molecule is CNC(=O)CCc1nc2ccccc2n(CC(=O)Nc2cccc(OC)c2)c1=O. The van der Waals surface area contributed by atoms with Gasteiger partial charge in [-0.2, -0.15) is 0 Å². The van der Waals surface area contributed by atoms with E-state index < -0.39 is 0 Å². The van der Waals surface area contributed by atoms with Crippen LogP contribution < -0.4 is 20.9 Å². The third kappa shape index (κ3) is 4.78. The van der Waals surface area contributed by atoms with E-state index in [9.17, 15) is 14.4 Å². The van der Waals surface area contributed by atoms with E-state index >= 15 is 0 Å². The van der Waals surface area contributed by atoms with E-state index in [1.165, 1.54) is 11.6 Å². The summed E-state index contributed by atoms with van der Waals surface area (Å²) < 4.78 is 6.54. The van der Waals surface area contributed by atoms with Gasteiger partial charge in [0.1, 0.15) is 18.0 Å². The summed E-state index contributed by atoms with van der Waals surface area (Å²) in [6.07, 6.45) is 0.341. The van der Waals surface area contributed by atoms with Crippen LogP contribution in [0.2, 0.25) is 0 Å². The normalized spacial score (nSPS) is 10.6. The van der Waals surface area contributed by atoms with E-state index in [4.69, 9.17) is 4.74 Å². The molecule has 1 heterocycles. The lowest BCUT2D eigenvalue weighted by molar-refractivity contribution is -0.120. The van der Waals surface area contributed by atoms with Crippen LogP contribution in [0.1, 0.15) is 12.1 Å². The standard InChI is InChI=1S/C21H22N4O4/c1-22-19(26)11-10-17-21(28)25(18-9-4-3-8-16(18)24-17)13-20(27)23-14-6-5-7-15(12-14)29-2/h3-9,12H,10-11,13H2,1-2H3,(H,22,26)(H,23,27). The van der Waals surface area contributed by atoms with Crippen LogP contribution in [-0.2, 0) is 22.6 Å². The Balaban J connectivity index is 1.90. The number of rotatable bonds is 7. The Morgan fingerprint density at radius 3 is 2.66 bits per heavy atom.